The highest BCUT2D eigenvalue weighted by molar-refractivity contribution is 5.81. The van der Waals surface area contributed by atoms with E-state index in [1.54, 1.807) is 13.4 Å². The van der Waals surface area contributed by atoms with Crippen molar-refractivity contribution >= 4 is 17.7 Å². The van der Waals surface area contributed by atoms with Gasteiger partial charge in [0.2, 0.25) is 0 Å². The quantitative estimate of drug-likeness (QED) is 0.378. The van der Waals surface area contributed by atoms with E-state index in [2.05, 4.69) is 10.3 Å². The second kappa shape index (κ2) is 3.61. The maximum absolute atomic E-state index is 5.64. The highest BCUT2D eigenvalue weighted by Crippen LogP contribution is 2.15. The van der Waals surface area contributed by atoms with Crippen LogP contribution in [0.15, 0.2) is 29.3 Å². The second-order valence-electron chi connectivity index (χ2n) is 2.12. The first kappa shape index (κ1) is 7.60. The van der Waals surface area contributed by atoms with Crippen LogP contribution in [0.3, 0.4) is 0 Å². The predicted octanol–water partition coefficient (Wildman–Crippen LogP) is 1.34. The summed E-state index contributed by atoms with van der Waals surface area (Å²) in [6.45, 7) is 0. The lowest BCUT2D eigenvalue weighted by Crippen LogP contribution is -1.98. The molecule has 0 saturated heterocycles. The molecule has 0 spiro atoms. The zero-order chi connectivity index (χ0) is 8.10. The molecule has 0 aromatic heterocycles. The van der Waals surface area contributed by atoms with Crippen molar-refractivity contribution in [1.29, 1.82) is 0 Å². The van der Waals surface area contributed by atoms with Gasteiger partial charge in [0, 0.05) is 7.05 Å². The Morgan fingerprint density at radius 3 is 2.82 bits per heavy atom. The maximum atomic E-state index is 5.64. The molecule has 0 unspecified atom stereocenters. The number of benzene rings is 1. The number of hydrogen-bond acceptors (Lipinski definition) is 2. The molecule has 1 aromatic rings. The molecule has 11 heavy (non-hydrogen) atoms. The van der Waals surface area contributed by atoms with Crippen LogP contribution in [0.2, 0.25) is 0 Å². The van der Waals surface area contributed by atoms with Crippen molar-refractivity contribution in [2.24, 2.45) is 4.99 Å². The minimum atomic E-state index is 0.729. The van der Waals surface area contributed by atoms with E-state index in [1.165, 1.54) is 0 Å². The van der Waals surface area contributed by atoms with Gasteiger partial charge in [-0.1, -0.05) is 12.1 Å². The molecule has 58 valence electrons. The van der Waals surface area contributed by atoms with E-state index in [-0.39, 0.29) is 0 Å². The summed E-state index contributed by atoms with van der Waals surface area (Å²) in [5, 5.41) is 2.95. The molecule has 0 aliphatic carbocycles. The Kier molecular flexibility index (Phi) is 2.49. The summed E-state index contributed by atoms with van der Waals surface area (Å²) in [7, 11) is 1.70. The number of rotatable bonds is 2. The minimum absolute atomic E-state index is 0.729. The van der Waals surface area contributed by atoms with E-state index >= 15 is 0 Å². The van der Waals surface area contributed by atoms with Gasteiger partial charge < -0.3 is 11.1 Å². The number of nitrogens with one attached hydrogen (secondary N) is 1. The summed E-state index contributed by atoms with van der Waals surface area (Å²) in [6, 6.07) is 7.55. The lowest BCUT2D eigenvalue weighted by Gasteiger charge is -2.02. The molecule has 1 aromatic carbocycles. The van der Waals surface area contributed by atoms with Gasteiger partial charge in [-0.15, -0.1) is 0 Å². The molecule has 0 heterocycles. The Morgan fingerprint density at radius 1 is 1.45 bits per heavy atom. The lowest BCUT2D eigenvalue weighted by atomic mass is 10.3. The number of aliphatic imine (C=N–C) groups is 1. The summed E-state index contributed by atoms with van der Waals surface area (Å²) in [5.41, 5.74) is 7.25. The molecule has 3 heteroatoms. The average Bonchev–Trinajstić information content (AvgIpc) is 2.03. The van der Waals surface area contributed by atoms with Gasteiger partial charge >= 0.3 is 0 Å². The van der Waals surface area contributed by atoms with Gasteiger partial charge in [0.05, 0.1) is 17.7 Å². The first-order chi connectivity index (χ1) is 5.34. The molecule has 0 fully saturated rings. The number of nitrogens with zero attached hydrogens (tertiary/aromatic N) is 1. The summed E-state index contributed by atoms with van der Waals surface area (Å²) >= 11 is 0. The highest BCUT2D eigenvalue weighted by Gasteiger charge is 1.91. The zero-order valence-corrected chi connectivity index (χ0v) is 6.41. The van der Waals surface area contributed by atoms with Crippen molar-refractivity contribution in [2.45, 2.75) is 0 Å². The highest BCUT2D eigenvalue weighted by atomic mass is 14.9. The minimum Gasteiger partial charge on any atom is -0.397 e. The van der Waals surface area contributed by atoms with E-state index in [0.29, 0.717) is 0 Å². The van der Waals surface area contributed by atoms with E-state index in [1.807, 2.05) is 24.3 Å². The smallest absolute Gasteiger partial charge is 0.0864 e. The molecule has 0 saturated carbocycles. The number of anilines is 2. The van der Waals surface area contributed by atoms with Crippen molar-refractivity contribution in [3.8, 4) is 0 Å². The molecular weight excluding hydrogens is 138 g/mol. The second-order valence-corrected chi connectivity index (χ2v) is 2.12. The summed E-state index contributed by atoms with van der Waals surface area (Å²) < 4.78 is 0. The topological polar surface area (TPSA) is 50.4 Å². The molecule has 0 bridgehead atoms. The van der Waals surface area contributed by atoms with Crippen molar-refractivity contribution in [1.82, 2.24) is 0 Å². The van der Waals surface area contributed by atoms with Crippen molar-refractivity contribution in [2.75, 3.05) is 18.1 Å². The molecule has 0 atom stereocenters. The molecule has 0 aliphatic heterocycles. The van der Waals surface area contributed by atoms with Gasteiger partial charge in [-0.3, -0.25) is 4.99 Å². The molecule has 3 N–H and O–H groups in total. The standard InChI is InChI=1S/C8H11N3/c1-10-6-11-8-5-3-2-4-7(8)9/h2-6H,9H2,1H3,(H,10,11). The van der Waals surface area contributed by atoms with Crippen molar-refractivity contribution in [3.05, 3.63) is 24.3 Å². The molecule has 0 amide bonds. The third-order valence-corrected chi connectivity index (χ3v) is 1.31. The Hall–Kier alpha value is -1.51. The Morgan fingerprint density at radius 2 is 2.18 bits per heavy atom. The van der Waals surface area contributed by atoms with Gasteiger partial charge in [0.25, 0.3) is 0 Å². The Bertz CT molecular complexity index is 255. The van der Waals surface area contributed by atoms with Gasteiger partial charge in [-0.25, -0.2) is 0 Å². The van der Waals surface area contributed by atoms with Crippen LogP contribution in [0.5, 0.6) is 0 Å². The van der Waals surface area contributed by atoms with Gasteiger partial charge in [0.15, 0.2) is 0 Å². The molecule has 0 radical (unpaired) electrons. The molecular formula is C8H11N3. The summed E-state index contributed by atoms with van der Waals surface area (Å²) in [5.74, 6) is 0. The lowest BCUT2D eigenvalue weighted by molar-refractivity contribution is 1.46. The van der Waals surface area contributed by atoms with E-state index in [0.717, 1.165) is 11.4 Å². The third-order valence-electron chi connectivity index (χ3n) is 1.31. The summed E-state index contributed by atoms with van der Waals surface area (Å²) in [4.78, 5) is 3.78. The van der Waals surface area contributed by atoms with Gasteiger partial charge in [-0.2, -0.15) is 0 Å². The average molecular weight is 149 g/mol. The summed E-state index contributed by atoms with van der Waals surface area (Å²) in [6.07, 6.45) is 1.60. The fourth-order valence-corrected chi connectivity index (χ4v) is 0.763. The molecule has 1 rings (SSSR count). The SMILES string of the molecule is CN=CNc1ccccc1N. The first-order valence-electron chi connectivity index (χ1n) is 3.36. The van der Waals surface area contributed by atoms with Crippen LogP contribution >= 0.6 is 0 Å². The zero-order valence-electron chi connectivity index (χ0n) is 6.41. The predicted molar refractivity (Wildman–Crippen MR) is 48.9 cm³/mol. The monoisotopic (exact) mass is 149 g/mol. The van der Waals surface area contributed by atoms with Gasteiger partial charge in [-0.05, 0) is 12.1 Å². The van der Waals surface area contributed by atoms with Crippen LogP contribution in [-0.4, -0.2) is 13.4 Å². The number of hydrogen-bond donors (Lipinski definition) is 2. The molecule has 0 aliphatic rings. The number of para-hydroxylation sites is 2. The fraction of sp³-hybridized carbons (Fsp3) is 0.125. The van der Waals surface area contributed by atoms with Crippen molar-refractivity contribution < 1.29 is 0 Å². The molecule has 3 nitrogen and oxygen atoms in total. The third kappa shape index (κ3) is 1.97. The van der Waals surface area contributed by atoms with Crippen LogP contribution < -0.4 is 11.1 Å². The Balaban J connectivity index is 2.77. The van der Waals surface area contributed by atoms with Gasteiger partial charge in [0.1, 0.15) is 0 Å². The number of nitrogen functional groups attached to an aromatic ring is 1. The largest absolute Gasteiger partial charge is 0.397 e. The van der Waals surface area contributed by atoms with Crippen LogP contribution in [0.1, 0.15) is 0 Å². The maximum Gasteiger partial charge on any atom is 0.0864 e. The fourth-order valence-electron chi connectivity index (χ4n) is 0.763. The van der Waals surface area contributed by atoms with Crippen molar-refractivity contribution in [3.63, 3.8) is 0 Å². The van der Waals surface area contributed by atoms with Crippen LogP contribution in [-0.2, 0) is 0 Å². The first-order valence-corrected chi connectivity index (χ1v) is 3.36. The van der Waals surface area contributed by atoms with Crippen LogP contribution in [0.4, 0.5) is 11.4 Å². The van der Waals surface area contributed by atoms with Crippen LogP contribution in [0, 0.1) is 0 Å². The van der Waals surface area contributed by atoms with E-state index in [9.17, 15) is 0 Å². The van der Waals surface area contributed by atoms with E-state index in [4.69, 9.17) is 5.73 Å². The number of nitrogens with two attached hydrogens (primary N) is 1. The normalized spacial score (nSPS) is 10.3. The Labute approximate surface area is 65.9 Å². The van der Waals surface area contributed by atoms with Crippen LogP contribution in [0.25, 0.3) is 0 Å². The van der Waals surface area contributed by atoms with E-state index < -0.39 is 0 Å².